The van der Waals surface area contributed by atoms with Crippen LogP contribution >= 0.6 is 11.6 Å². The molecular formula is C15H17ClN2. The van der Waals surface area contributed by atoms with Crippen LogP contribution in [-0.2, 0) is 6.54 Å². The molecule has 0 fully saturated rings. The van der Waals surface area contributed by atoms with E-state index in [1.165, 1.54) is 16.8 Å². The predicted octanol–water partition coefficient (Wildman–Crippen LogP) is 3.99. The zero-order chi connectivity index (χ0) is 13.1. The predicted molar refractivity (Wildman–Crippen MR) is 77.3 cm³/mol. The van der Waals surface area contributed by atoms with E-state index in [2.05, 4.69) is 49.0 Å². The van der Waals surface area contributed by atoms with Crippen molar-refractivity contribution in [2.24, 2.45) is 0 Å². The van der Waals surface area contributed by atoms with Crippen molar-refractivity contribution < 1.29 is 0 Å². The van der Waals surface area contributed by atoms with Gasteiger partial charge in [0.1, 0.15) is 5.15 Å². The van der Waals surface area contributed by atoms with Gasteiger partial charge in [0.25, 0.3) is 0 Å². The molecule has 18 heavy (non-hydrogen) atoms. The summed E-state index contributed by atoms with van der Waals surface area (Å²) in [6, 6.07) is 10.4. The van der Waals surface area contributed by atoms with Gasteiger partial charge >= 0.3 is 0 Å². The summed E-state index contributed by atoms with van der Waals surface area (Å²) in [4.78, 5) is 6.31. The second kappa shape index (κ2) is 5.40. The van der Waals surface area contributed by atoms with Gasteiger partial charge in [-0.2, -0.15) is 0 Å². The summed E-state index contributed by atoms with van der Waals surface area (Å²) < 4.78 is 0. The van der Waals surface area contributed by atoms with Crippen molar-refractivity contribution in [1.82, 2.24) is 4.98 Å². The third-order valence-electron chi connectivity index (χ3n) is 2.86. The first kappa shape index (κ1) is 12.9. The van der Waals surface area contributed by atoms with Gasteiger partial charge in [-0.3, -0.25) is 0 Å². The average molecular weight is 261 g/mol. The fourth-order valence-electron chi connectivity index (χ4n) is 2.04. The van der Waals surface area contributed by atoms with Crippen molar-refractivity contribution in [3.63, 3.8) is 0 Å². The molecule has 1 aromatic carbocycles. The summed E-state index contributed by atoms with van der Waals surface area (Å²) in [5, 5.41) is 0.535. The number of hydrogen-bond donors (Lipinski definition) is 0. The molecule has 0 amide bonds. The van der Waals surface area contributed by atoms with Gasteiger partial charge in [-0.05, 0) is 48.7 Å². The lowest BCUT2D eigenvalue weighted by Crippen LogP contribution is -2.16. The van der Waals surface area contributed by atoms with E-state index in [-0.39, 0.29) is 0 Å². The topological polar surface area (TPSA) is 16.1 Å². The zero-order valence-electron chi connectivity index (χ0n) is 10.9. The third kappa shape index (κ3) is 3.23. The van der Waals surface area contributed by atoms with Gasteiger partial charge < -0.3 is 4.90 Å². The molecule has 0 N–H and O–H groups in total. The van der Waals surface area contributed by atoms with E-state index in [0.717, 1.165) is 12.1 Å². The molecule has 1 heterocycles. The minimum absolute atomic E-state index is 0.535. The summed E-state index contributed by atoms with van der Waals surface area (Å²) in [7, 11) is 2.09. The highest BCUT2D eigenvalue weighted by Gasteiger charge is 2.04. The molecule has 0 aliphatic rings. The number of aryl methyl sites for hydroxylation is 2. The first-order valence-electron chi connectivity index (χ1n) is 5.94. The molecular weight excluding hydrogens is 244 g/mol. The monoisotopic (exact) mass is 260 g/mol. The van der Waals surface area contributed by atoms with E-state index in [1.54, 1.807) is 0 Å². The second-order valence-electron chi connectivity index (χ2n) is 4.69. The van der Waals surface area contributed by atoms with E-state index < -0.39 is 0 Å². The van der Waals surface area contributed by atoms with Crippen LogP contribution in [0.5, 0.6) is 0 Å². The smallest absolute Gasteiger partial charge is 0.129 e. The normalized spacial score (nSPS) is 10.4. The maximum atomic E-state index is 5.78. The Balaban J connectivity index is 2.16. The molecule has 0 saturated heterocycles. The lowest BCUT2D eigenvalue weighted by atomic mass is 10.1. The molecule has 0 radical (unpaired) electrons. The highest BCUT2D eigenvalue weighted by molar-refractivity contribution is 6.29. The molecule has 2 rings (SSSR count). The highest BCUT2D eigenvalue weighted by atomic mass is 35.5. The molecule has 0 saturated carbocycles. The Morgan fingerprint density at radius 3 is 2.33 bits per heavy atom. The van der Waals surface area contributed by atoms with Crippen LogP contribution in [0.15, 0.2) is 36.5 Å². The number of benzene rings is 1. The molecule has 3 heteroatoms. The van der Waals surface area contributed by atoms with Gasteiger partial charge in [-0.15, -0.1) is 0 Å². The average Bonchev–Trinajstić information content (AvgIpc) is 2.31. The Kier molecular flexibility index (Phi) is 3.87. The maximum absolute atomic E-state index is 5.78. The lowest BCUT2D eigenvalue weighted by Gasteiger charge is -2.20. The van der Waals surface area contributed by atoms with Crippen molar-refractivity contribution in [3.8, 4) is 0 Å². The number of pyridine rings is 1. The molecule has 2 nitrogen and oxygen atoms in total. The fraction of sp³-hybridized carbons (Fsp3) is 0.267. The van der Waals surface area contributed by atoms with Gasteiger partial charge in [-0.25, -0.2) is 4.98 Å². The maximum Gasteiger partial charge on any atom is 0.129 e. The van der Waals surface area contributed by atoms with Gasteiger partial charge in [0.2, 0.25) is 0 Å². The summed E-state index contributed by atoms with van der Waals surface area (Å²) in [6.45, 7) is 5.06. The lowest BCUT2D eigenvalue weighted by molar-refractivity contribution is 0.913. The van der Waals surface area contributed by atoms with Crippen molar-refractivity contribution in [3.05, 3.63) is 58.4 Å². The molecule has 2 aromatic rings. The number of halogens is 1. The van der Waals surface area contributed by atoms with Gasteiger partial charge in [0, 0.05) is 25.5 Å². The molecule has 1 aromatic heterocycles. The first-order chi connectivity index (χ1) is 8.54. The van der Waals surface area contributed by atoms with Crippen molar-refractivity contribution >= 4 is 17.3 Å². The number of anilines is 1. The van der Waals surface area contributed by atoms with Crippen LogP contribution in [0.2, 0.25) is 5.15 Å². The molecule has 94 valence electrons. The highest BCUT2D eigenvalue weighted by Crippen LogP contribution is 2.19. The van der Waals surface area contributed by atoms with Gasteiger partial charge in [0.15, 0.2) is 0 Å². The Hall–Kier alpha value is -1.54. The van der Waals surface area contributed by atoms with E-state index in [1.807, 2.05) is 18.3 Å². The second-order valence-corrected chi connectivity index (χ2v) is 5.08. The van der Waals surface area contributed by atoms with E-state index in [0.29, 0.717) is 5.15 Å². The Labute approximate surface area is 113 Å². The standard InChI is InChI=1S/C15H17ClN2/c1-11-6-12(2)8-14(7-11)18(3)10-13-4-5-15(16)17-9-13/h4-9H,10H2,1-3H3. The quantitative estimate of drug-likeness (QED) is 0.776. The summed E-state index contributed by atoms with van der Waals surface area (Å²) in [5.74, 6) is 0. The number of nitrogens with zero attached hydrogens (tertiary/aromatic N) is 2. The van der Waals surface area contributed by atoms with Gasteiger partial charge in [0.05, 0.1) is 0 Å². The largest absolute Gasteiger partial charge is 0.370 e. The van der Waals surface area contributed by atoms with Crippen LogP contribution < -0.4 is 4.90 Å². The van der Waals surface area contributed by atoms with E-state index in [9.17, 15) is 0 Å². The van der Waals surface area contributed by atoms with Gasteiger partial charge in [-0.1, -0.05) is 23.7 Å². The summed E-state index contributed by atoms with van der Waals surface area (Å²) >= 11 is 5.78. The summed E-state index contributed by atoms with van der Waals surface area (Å²) in [6.07, 6.45) is 1.82. The number of aromatic nitrogens is 1. The molecule has 0 atom stereocenters. The zero-order valence-corrected chi connectivity index (χ0v) is 11.7. The van der Waals surface area contributed by atoms with Crippen molar-refractivity contribution in [2.45, 2.75) is 20.4 Å². The summed E-state index contributed by atoms with van der Waals surface area (Å²) in [5.41, 5.74) is 4.95. The van der Waals surface area contributed by atoms with Crippen LogP contribution in [-0.4, -0.2) is 12.0 Å². The van der Waals surface area contributed by atoms with Crippen molar-refractivity contribution in [1.29, 1.82) is 0 Å². The molecule has 0 aliphatic heterocycles. The van der Waals surface area contributed by atoms with Crippen LogP contribution in [0.4, 0.5) is 5.69 Å². The van der Waals surface area contributed by atoms with E-state index in [4.69, 9.17) is 11.6 Å². The SMILES string of the molecule is Cc1cc(C)cc(N(C)Cc2ccc(Cl)nc2)c1. The van der Waals surface area contributed by atoms with Crippen molar-refractivity contribution in [2.75, 3.05) is 11.9 Å². The minimum atomic E-state index is 0.535. The molecule has 0 bridgehead atoms. The van der Waals surface area contributed by atoms with E-state index >= 15 is 0 Å². The fourth-order valence-corrected chi connectivity index (χ4v) is 2.15. The first-order valence-corrected chi connectivity index (χ1v) is 6.32. The molecule has 0 unspecified atom stereocenters. The Morgan fingerprint density at radius 1 is 1.11 bits per heavy atom. The molecule has 0 spiro atoms. The van der Waals surface area contributed by atoms with Crippen LogP contribution in [0.1, 0.15) is 16.7 Å². The number of hydrogen-bond acceptors (Lipinski definition) is 2. The third-order valence-corrected chi connectivity index (χ3v) is 3.08. The minimum Gasteiger partial charge on any atom is -0.370 e. The Bertz CT molecular complexity index is 514. The van der Waals surface area contributed by atoms with Crippen LogP contribution in [0.3, 0.4) is 0 Å². The van der Waals surface area contributed by atoms with Crippen LogP contribution in [0, 0.1) is 13.8 Å². The Morgan fingerprint density at radius 2 is 1.78 bits per heavy atom. The number of rotatable bonds is 3. The van der Waals surface area contributed by atoms with Crippen LogP contribution in [0.25, 0.3) is 0 Å². The molecule has 0 aliphatic carbocycles.